The fourth-order valence-electron chi connectivity index (χ4n) is 2.65. The zero-order chi connectivity index (χ0) is 11.3. The molecule has 1 aliphatic rings. The Morgan fingerprint density at radius 3 is 2.13 bits per heavy atom. The Hall–Kier alpha value is -0.0400. The molecule has 1 rings (SSSR count). The highest BCUT2D eigenvalue weighted by molar-refractivity contribution is 4.83. The molecule has 0 bridgehead atoms. The molecule has 0 amide bonds. The molecular weight excluding hydrogens is 182 g/mol. The van der Waals surface area contributed by atoms with Crippen molar-refractivity contribution >= 4 is 0 Å². The average Bonchev–Trinajstić information content (AvgIpc) is 2.18. The summed E-state index contributed by atoms with van der Waals surface area (Å²) in [5.74, 6) is 0.946. The van der Waals surface area contributed by atoms with Gasteiger partial charge in [-0.05, 0) is 50.0 Å². The Balaban J connectivity index is 2.18. The summed E-state index contributed by atoms with van der Waals surface area (Å²) >= 11 is 0. The van der Waals surface area contributed by atoms with Gasteiger partial charge in [-0.2, -0.15) is 0 Å². The topological polar surface area (TPSA) is 12.0 Å². The number of rotatable bonds is 4. The summed E-state index contributed by atoms with van der Waals surface area (Å²) in [6, 6.07) is 0.815. The summed E-state index contributed by atoms with van der Waals surface area (Å²) in [7, 11) is 0. The lowest BCUT2D eigenvalue weighted by Gasteiger charge is -2.37. The SMILES string of the molecule is CCCCNC1CCC(C(C)(C)C)CC1. The van der Waals surface area contributed by atoms with Crippen LogP contribution in [0.1, 0.15) is 66.2 Å². The van der Waals surface area contributed by atoms with E-state index in [1.54, 1.807) is 0 Å². The second-order valence-corrected chi connectivity index (χ2v) is 6.22. The molecule has 0 saturated heterocycles. The van der Waals surface area contributed by atoms with Gasteiger partial charge in [0.25, 0.3) is 0 Å². The van der Waals surface area contributed by atoms with Crippen LogP contribution in [-0.2, 0) is 0 Å². The Bertz CT molecular complexity index is 161. The summed E-state index contributed by atoms with van der Waals surface area (Å²) in [4.78, 5) is 0. The van der Waals surface area contributed by atoms with E-state index in [1.807, 2.05) is 0 Å². The van der Waals surface area contributed by atoms with Gasteiger partial charge in [-0.1, -0.05) is 34.1 Å². The third kappa shape index (κ3) is 4.55. The molecule has 1 heteroatoms. The molecule has 1 saturated carbocycles. The average molecular weight is 211 g/mol. The second kappa shape index (κ2) is 5.89. The van der Waals surface area contributed by atoms with Gasteiger partial charge in [0, 0.05) is 6.04 Å². The van der Waals surface area contributed by atoms with Gasteiger partial charge in [-0.25, -0.2) is 0 Å². The van der Waals surface area contributed by atoms with E-state index in [-0.39, 0.29) is 0 Å². The fraction of sp³-hybridized carbons (Fsp3) is 1.00. The van der Waals surface area contributed by atoms with Crippen LogP contribution < -0.4 is 5.32 Å². The quantitative estimate of drug-likeness (QED) is 0.694. The summed E-state index contributed by atoms with van der Waals surface area (Å²) in [6.45, 7) is 10.7. The molecule has 1 fully saturated rings. The summed E-state index contributed by atoms with van der Waals surface area (Å²) in [5.41, 5.74) is 0.522. The van der Waals surface area contributed by atoms with Gasteiger partial charge in [0.05, 0.1) is 0 Å². The van der Waals surface area contributed by atoms with Crippen molar-refractivity contribution in [3.63, 3.8) is 0 Å². The number of hydrogen-bond donors (Lipinski definition) is 1. The maximum Gasteiger partial charge on any atom is 0.00672 e. The molecule has 0 aromatic rings. The van der Waals surface area contributed by atoms with Crippen LogP contribution >= 0.6 is 0 Å². The minimum Gasteiger partial charge on any atom is -0.314 e. The summed E-state index contributed by atoms with van der Waals surface area (Å²) < 4.78 is 0. The van der Waals surface area contributed by atoms with Crippen molar-refractivity contribution in [3.8, 4) is 0 Å². The lowest BCUT2D eigenvalue weighted by Crippen LogP contribution is -2.36. The van der Waals surface area contributed by atoms with E-state index >= 15 is 0 Å². The first-order valence-electron chi connectivity index (χ1n) is 6.77. The Kier molecular flexibility index (Phi) is 5.11. The maximum atomic E-state index is 3.69. The van der Waals surface area contributed by atoms with Crippen LogP contribution in [0.3, 0.4) is 0 Å². The number of unbranched alkanes of at least 4 members (excludes halogenated alkanes) is 1. The molecule has 1 nitrogen and oxygen atoms in total. The number of hydrogen-bond acceptors (Lipinski definition) is 1. The van der Waals surface area contributed by atoms with E-state index < -0.39 is 0 Å². The van der Waals surface area contributed by atoms with Crippen LogP contribution in [0.15, 0.2) is 0 Å². The van der Waals surface area contributed by atoms with Gasteiger partial charge in [0.2, 0.25) is 0 Å². The van der Waals surface area contributed by atoms with Crippen LogP contribution in [0.5, 0.6) is 0 Å². The first-order valence-corrected chi connectivity index (χ1v) is 6.77. The molecule has 15 heavy (non-hydrogen) atoms. The predicted octanol–water partition coefficient (Wildman–Crippen LogP) is 3.98. The normalized spacial score (nSPS) is 28.0. The highest BCUT2D eigenvalue weighted by atomic mass is 14.9. The zero-order valence-electron chi connectivity index (χ0n) is 11.1. The van der Waals surface area contributed by atoms with Crippen LogP contribution in [0, 0.1) is 11.3 Å². The van der Waals surface area contributed by atoms with Crippen molar-refractivity contribution in [1.29, 1.82) is 0 Å². The predicted molar refractivity (Wildman–Crippen MR) is 68.1 cm³/mol. The second-order valence-electron chi connectivity index (χ2n) is 6.22. The van der Waals surface area contributed by atoms with Crippen molar-refractivity contribution < 1.29 is 0 Å². The molecule has 0 aromatic heterocycles. The van der Waals surface area contributed by atoms with Crippen molar-refractivity contribution in [2.45, 2.75) is 72.3 Å². The first kappa shape index (κ1) is 13.0. The minimum atomic E-state index is 0.522. The van der Waals surface area contributed by atoms with Gasteiger partial charge in [-0.15, -0.1) is 0 Å². The van der Waals surface area contributed by atoms with E-state index in [0.717, 1.165) is 12.0 Å². The maximum absolute atomic E-state index is 3.69. The molecule has 0 aliphatic heterocycles. The monoisotopic (exact) mass is 211 g/mol. The molecule has 0 aromatic carbocycles. The summed E-state index contributed by atoms with van der Waals surface area (Å²) in [5, 5.41) is 3.69. The van der Waals surface area contributed by atoms with Crippen LogP contribution in [0.2, 0.25) is 0 Å². The standard InChI is InChI=1S/C14H29N/c1-5-6-11-15-13-9-7-12(8-10-13)14(2,3)4/h12-13,15H,5-11H2,1-4H3. The lowest BCUT2D eigenvalue weighted by molar-refractivity contribution is 0.160. The molecule has 0 radical (unpaired) electrons. The Labute approximate surface area is 96.0 Å². The molecule has 1 N–H and O–H groups in total. The lowest BCUT2D eigenvalue weighted by atomic mass is 9.71. The first-order chi connectivity index (χ1) is 7.04. The Morgan fingerprint density at radius 1 is 1.07 bits per heavy atom. The van der Waals surface area contributed by atoms with Crippen molar-refractivity contribution in [2.24, 2.45) is 11.3 Å². The number of nitrogens with one attached hydrogen (secondary N) is 1. The highest BCUT2D eigenvalue weighted by Gasteiger charge is 2.29. The van der Waals surface area contributed by atoms with Gasteiger partial charge < -0.3 is 5.32 Å². The van der Waals surface area contributed by atoms with Crippen molar-refractivity contribution in [2.75, 3.05) is 6.54 Å². The van der Waals surface area contributed by atoms with E-state index in [4.69, 9.17) is 0 Å². The summed E-state index contributed by atoms with van der Waals surface area (Å²) in [6.07, 6.45) is 8.28. The van der Waals surface area contributed by atoms with E-state index in [9.17, 15) is 0 Å². The third-order valence-electron chi connectivity index (χ3n) is 3.92. The van der Waals surface area contributed by atoms with E-state index in [0.29, 0.717) is 5.41 Å². The minimum absolute atomic E-state index is 0.522. The van der Waals surface area contributed by atoms with Gasteiger partial charge >= 0.3 is 0 Å². The zero-order valence-corrected chi connectivity index (χ0v) is 11.1. The van der Waals surface area contributed by atoms with E-state index in [2.05, 4.69) is 33.0 Å². The highest BCUT2D eigenvalue weighted by Crippen LogP contribution is 2.37. The van der Waals surface area contributed by atoms with Crippen LogP contribution in [0.25, 0.3) is 0 Å². The third-order valence-corrected chi connectivity index (χ3v) is 3.92. The van der Waals surface area contributed by atoms with Crippen molar-refractivity contribution in [3.05, 3.63) is 0 Å². The Morgan fingerprint density at radius 2 is 1.67 bits per heavy atom. The van der Waals surface area contributed by atoms with Crippen LogP contribution in [-0.4, -0.2) is 12.6 Å². The molecule has 1 aliphatic carbocycles. The molecule has 0 unspecified atom stereocenters. The van der Waals surface area contributed by atoms with E-state index in [1.165, 1.54) is 45.1 Å². The van der Waals surface area contributed by atoms with Gasteiger partial charge in [0.1, 0.15) is 0 Å². The molecular formula is C14H29N. The molecule has 0 spiro atoms. The fourth-order valence-corrected chi connectivity index (χ4v) is 2.65. The molecule has 90 valence electrons. The largest absolute Gasteiger partial charge is 0.314 e. The smallest absolute Gasteiger partial charge is 0.00672 e. The van der Waals surface area contributed by atoms with Gasteiger partial charge in [-0.3, -0.25) is 0 Å². The van der Waals surface area contributed by atoms with Crippen LogP contribution in [0.4, 0.5) is 0 Å². The molecule has 0 heterocycles. The van der Waals surface area contributed by atoms with Gasteiger partial charge in [0.15, 0.2) is 0 Å². The van der Waals surface area contributed by atoms with Crippen molar-refractivity contribution in [1.82, 2.24) is 5.32 Å². The molecule has 0 atom stereocenters.